The Morgan fingerprint density at radius 1 is 1.64 bits per heavy atom. The molecule has 1 aliphatic rings. The summed E-state index contributed by atoms with van der Waals surface area (Å²) in [6, 6.07) is -0.276. The van der Waals surface area contributed by atoms with Crippen molar-refractivity contribution in [3.05, 3.63) is 0 Å². The molecule has 0 amide bonds. The van der Waals surface area contributed by atoms with Gasteiger partial charge in [0.2, 0.25) is 0 Å². The lowest BCUT2D eigenvalue weighted by molar-refractivity contribution is -0.0425. The van der Waals surface area contributed by atoms with E-state index in [1.54, 1.807) is 14.8 Å². The van der Waals surface area contributed by atoms with Gasteiger partial charge in [0.1, 0.15) is 19.6 Å². The smallest absolute Gasteiger partial charge is 0.143 e. The monoisotopic (exact) mass is 158 g/mol. The Morgan fingerprint density at radius 3 is 2.36 bits per heavy atom. The highest BCUT2D eigenvalue weighted by atomic mass is 16.5. The quantitative estimate of drug-likeness (QED) is 0.474. The average molecular weight is 158 g/mol. The molecular weight excluding hydrogens is 143 g/mol. The van der Waals surface area contributed by atoms with E-state index in [9.17, 15) is 10.2 Å². The van der Waals surface area contributed by atoms with Crippen LogP contribution in [-0.2, 0) is 4.74 Å². The van der Waals surface area contributed by atoms with Gasteiger partial charge in [0, 0.05) is 0 Å². The molecule has 4 atom stereocenters. The van der Waals surface area contributed by atoms with E-state index >= 15 is 0 Å². The van der Waals surface area contributed by atoms with Gasteiger partial charge in [0.05, 0.1) is 12.1 Å². The summed E-state index contributed by atoms with van der Waals surface area (Å²) in [7, 11) is 1.78. The number of rotatable bonds is 1. The van der Waals surface area contributed by atoms with Crippen LogP contribution in [-0.4, -0.2) is 41.9 Å². The van der Waals surface area contributed by atoms with Gasteiger partial charge in [0.15, 0.2) is 0 Å². The van der Waals surface area contributed by atoms with Crippen LogP contribution in [0.2, 0.25) is 0 Å². The van der Waals surface area contributed by atoms with Gasteiger partial charge in [-0.1, -0.05) is 6.92 Å². The molecule has 64 valence electrons. The van der Waals surface area contributed by atoms with E-state index in [4.69, 9.17) is 4.74 Å². The van der Waals surface area contributed by atoms with Gasteiger partial charge < -0.3 is 14.9 Å². The molecule has 0 aliphatic carbocycles. The summed E-state index contributed by atoms with van der Waals surface area (Å²) in [5.41, 5.74) is -1.08. The van der Waals surface area contributed by atoms with Crippen molar-refractivity contribution in [1.29, 1.82) is 0 Å². The second-order valence-electron chi connectivity index (χ2n) is 3.40. The zero-order valence-corrected chi connectivity index (χ0v) is 7.24. The third-order valence-electron chi connectivity index (χ3n) is 2.56. The summed E-state index contributed by atoms with van der Waals surface area (Å²) < 4.78 is 5.34. The Balaban J connectivity index is 2.71. The molecule has 1 aliphatic heterocycles. The van der Waals surface area contributed by atoms with Crippen molar-refractivity contribution in [2.75, 3.05) is 0 Å². The first-order chi connectivity index (χ1) is 5.00. The van der Waals surface area contributed by atoms with Crippen molar-refractivity contribution in [2.24, 2.45) is 0 Å². The molecule has 1 heterocycles. The van der Waals surface area contributed by atoms with E-state index in [1.807, 2.05) is 6.92 Å². The van der Waals surface area contributed by atoms with Gasteiger partial charge >= 0.3 is 0 Å². The SMILES string of the molecule is B[C@@H]1O[C@H](CC)[C@@H](O)[C@@]1(C)O. The molecule has 1 rings (SSSR count). The summed E-state index contributed by atoms with van der Waals surface area (Å²) in [4.78, 5) is 0. The molecule has 0 saturated carbocycles. The minimum absolute atomic E-state index is 0.208. The summed E-state index contributed by atoms with van der Waals surface area (Å²) in [6.07, 6.45) is -0.218. The molecule has 0 unspecified atom stereocenters. The van der Waals surface area contributed by atoms with Crippen LogP contribution in [0.15, 0.2) is 0 Å². The molecule has 2 N–H and O–H groups in total. The zero-order valence-electron chi connectivity index (χ0n) is 7.24. The Labute approximate surface area is 67.8 Å². The summed E-state index contributed by atoms with van der Waals surface area (Å²) in [5, 5.41) is 19.2. The second kappa shape index (κ2) is 2.77. The predicted molar refractivity (Wildman–Crippen MR) is 44.1 cm³/mol. The van der Waals surface area contributed by atoms with Crippen LogP contribution >= 0.6 is 0 Å². The van der Waals surface area contributed by atoms with Gasteiger partial charge in [-0.15, -0.1) is 0 Å². The largest absolute Gasteiger partial charge is 0.387 e. The summed E-state index contributed by atoms with van der Waals surface area (Å²) in [6.45, 7) is 3.54. The third-order valence-corrected chi connectivity index (χ3v) is 2.56. The summed E-state index contributed by atoms with van der Waals surface area (Å²) in [5.74, 6) is 0. The van der Waals surface area contributed by atoms with E-state index in [0.717, 1.165) is 6.42 Å². The van der Waals surface area contributed by atoms with Gasteiger partial charge in [-0.3, -0.25) is 0 Å². The van der Waals surface area contributed by atoms with Crippen molar-refractivity contribution >= 4 is 7.85 Å². The lowest BCUT2D eigenvalue weighted by atomic mass is 9.82. The molecule has 0 aromatic rings. The highest BCUT2D eigenvalue weighted by Gasteiger charge is 2.48. The zero-order chi connectivity index (χ0) is 8.65. The molecule has 0 radical (unpaired) electrons. The van der Waals surface area contributed by atoms with E-state index in [1.165, 1.54) is 0 Å². The van der Waals surface area contributed by atoms with Crippen LogP contribution in [0.5, 0.6) is 0 Å². The number of hydrogen-bond donors (Lipinski definition) is 2. The maximum absolute atomic E-state index is 9.66. The molecule has 0 aromatic heterocycles. The maximum atomic E-state index is 9.66. The molecule has 11 heavy (non-hydrogen) atoms. The van der Waals surface area contributed by atoms with Gasteiger partial charge in [-0.05, 0) is 13.3 Å². The van der Waals surface area contributed by atoms with Crippen LogP contribution in [0.3, 0.4) is 0 Å². The van der Waals surface area contributed by atoms with Gasteiger partial charge in [-0.2, -0.15) is 0 Å². The molecular formula is C7H15BO3. The van der Waals surface area contributed by atoms with Gasteiger partial charge in [-0.25, -0.2) is 0 Å². The van der Waals surface area contributed by atoms with Crippen LogP contribution in [0.4, 0.5) is 0 Å². The van der Waals surface area contributed by atoms with Crippen molar-refractivity contribution in [1.82, 2.24) is 0 Å². The maximum Gasteiger partial charge on any atom is 0.143 e. The van der Waals surface area contributed by atoms with E-state index in [2.05, 4.69) is 0 Å². The number of aliphatic hydroxyl groups is 2. The van der Waals surface area contributed by atoms with E-state index in [0.29, 0.717) is 0 Å². The first-order valence-corrected chi connectivity index (χ1v) is 4.06. The number of ether oxygens (including phenoxy) is 1. The molecule has 0 spiro atoms. The molecule has 3 nitrogen and oxygen atoms in total. The Kier molecular flexibility index (Phi) is 2.28. The Morgan fingerprint density at radius 2 is 2.18 bits per heavy atom. The number of aliphatic hydroxyl groups excluding tert-OH is 1. The van der Waals surface area contributed by atoms with Crippen molar-refractivity contribution in [3.8, 4) is 0 Å². The highest BCUT2D eigenvalue weighted by molar-refractivity contribution is 6.12. The van der Waals surface area contributed by atoms with Crippen LogP contribution in [0, 0.1) is 0 Å². The summed E-state index contributed by atoms with van der Waals surface area (Å²) >= 11 is 0. The fourth-order valence-electron chi connectivity index (χ4n) is 1.41. The van der Waals surface area contributed by atoms with Crippen molar-refractivity contribution in [2.45, 2.75) is 44.1 Å². The van der Waals surface area contributed by atoms with Gasteiger partial charge in [0.25, 0.3) is 0 Å². The molecule has 0 bridgehead atoms. The fourth-order valence-corrected chi connectivity index (χ4v) is 1.41. The predicted octanol–water partition coefficient (Wildman–Crippen LogP) is -1.13. The topological polar surface area (TPSA) is 49.7 Å². The number of hydrogen-bond acceptors (Lipinski definition) is 3. The second-order valence-corrected chi connectivity index (χ2v) is 3.40. The average Bonchev–Trinajstić information content (AvgIpc) is 2.14. The van der Waals surface area contributed by atoms with Crippen molar-refractivity contribution < 1.29 is 14.9 Å². The molecule has 4 heteroatoms. The molecule has 0 aromatic carbocycles. The minimum atomic E-state index is -1.08. The van der Waals surface area contributed by atoms with Crippen LogP contribution in [0.1, 0.15) is 20.3 Å². The minimum Gasteiger partial charge on any atom is -0.387 e. The lowest BCUT2D eigenvalue weighted by Gasteiger charge is -2.24. The molecule has 1 fully saturated rings. The first kappa shape index (κ1) is 9.04. The van der Waals surface area contributed by atoms with Crippen LogP contribution in [0.25, 0.3) is 0 Å². The Bertz CT molecular complexity index is 149. The van der Waals surface area contributed by atoms with Crippen molar-refractivity contribution in [3.63, 3.8) is 0 Å². The normalized spacial score (nSPS) is 51.5. The van der Waals surface area contributed by atoms with Crippen LogP contribution < -0.4 is 0 Å². The first-order valence-electron chi connectivity index (χ1n) is 4.06. The lowest BCUT2D eigenvalue weighted by Crippen LogP contribution is -2.45. The molecule has 1 saturated heterocycles. The fraction of sp³-hybridized carbons (Fsp3) is 1.00. The highest BCUT2D eigenvalue weighted by Crippen LogP contribution is 2.30. The van der Waals surface area contributed by atoms with E-state index < -0.39 is 11.7 Å². The van der Waals surface area contributed by atoms with E-state index in [-0.39, 0.29) is 12.1 Å². The third kappa shape index (κ3) is 1.30. The standard InChI is InChI=1S/C7H15BO3/c1-3-4-5(9)7(2,10)6(8)11-4/h4-6,9-10H,3,8H2,1-2H3/t4-,5-,6-,7-/m1/s1. The Hall–Kier alpha value is -0.0551.